The molecule has 0 aromatic heterocycles. The summed E-state index contributed by atoms with van der Waals surface area (Å²) >= 11 is 0. The van der Waals surface area contributed by atoms with Gasteiger partial charge < -0.3 is 16.2 Å². The minimum absolute atomic E-state index is 0.101. The first-order valence-corrected chi connectivity index (χ1v) is 6.33. The van der Waals surface area contributed by atoms with Crippen LogP contribution in [0.2, 0.25) is 0 Å². The Balaban J connectivity index is 2.98. The summed E-state index contributed by atoms with van der Waals surface area (Å²) in [6.07, 6.45) is 0.341. The second-order valence-electron chi connectivity index (χ2n) is 5.76. The molecular formula is C14H20F2N2O2. The lowest BCUT2D eigenvalue weighted by molar-refractivity contribution is 0.0881. The maximum Gasteiger partial charge on any atom is 0.254 e. The fraction of sp³-hybridized carbons (Fsp3) is 0.500. The van der Waals surface area contributed by atoms with E-state index in [-0.39, 0.29) is 29.3 Å². The van der Waals surface area contributed by atoms with Crippen LogP contribution in [0.3, 0.4) is 0 Å². The molecule has 4 nitrogen and oxygen atoms in total. The Kier molecular flexibility index (Phi) is 5.05. The fourth-order valence-corrected chi connectivity index (χ4v) is 1.83. The van der Waals surface area contributed by atoms with Gasteiger partial charge in [0.1, 0.15) is 11.6 Å². The van der Waals surface area contributed by atoms with Crippen molar-refractivity contribution in [3.05, 3.63) is 29.3 Å². The first-order chi connectivity index (χ1) is 9.16. The van der Waals surface area contributed by atoms with Gasteiger partial charge in [-0.2, -0.15) is 0 Å². The molecule has 1 aromatic rings. The van der Waals surface area contributed by atoms with Crippen molar-refractivity contribution < 1.29 is 18.7 Å². The molecule has 0 spiro atoms. The Bertz CT molecular complexity index is 499. The SMILES string of the molecule is CC(C)(C)C(CCO)NC(=O)c1cc(N)c(F)cc1F. The van der Waals surface area contributed by atoms with E-state index in [1.807, 2.05) is 20.8 Å². The average molecular weight is 286 g/mol. The van der Waals surface area contributed by atoms with Crippen molar-refractivity contribution >= 4 is 11.6 Å². The summed E-state index contributed by atoms with van der Waals surface area (Å²) in [6.45, 7) is 5.57. The zero-order valence-electron chi connectivity index (χ0n) is 11.8. The number of nitrogens with one attached hydrogen (secondary N) is 1. The smallest absolute Gasteiger partial charge is 0.254 e. The van der Waals surface area contributed by atoms with Crippen LogP contribution >= 0.6 is 0 Å². The van der Waals surface area contributed by atoms with Gasteiger partial charge in [-0.1, -0.05) is 20.8 Å². The molecule has 6 heteroatoms. The molecule has 0 saturated carbocycles. The lowest BCUT2D eigenvalue weighted by atomic mass is 9.84. The predicted molar refractivity (Wildman–Crippen MR) is 73.2 cm³/mol. The van der Waals surface area contributed by atoms with Crippen molar-refractivity contribution in [1.29, 1.82) is 0 Å². The number of nitrogen functional groups attached to an aromatic ring is 1. The highest BCUT2D eigenvalue weighted by Gasteiger charge is 2.27. The maximum atomic E-state index is 13.6. The Morgan fingerprint density at radius 3 is 2.45 bits per heavy atom. The molecule has 0 aliphatic carbocycles. The summed E-state index contributed by atoms with van der Waals surface area (Å²) in [4.78, 5) is 12.1. The normalized spacial score (nSPS) is 13.1. The molecule has 0 aliphatic heterocycles. The van der Waals surface area contributed by atoms with E-state index >= 15 is 0 Å². The molecule has 0 fully saturated rings. The summed E-state index contributed by atoms with van der Waals surface area (Å²) in [5, 5.41) is 11.7. The number of anilines is 1. The van der Waals surface area contributed by atoms with Crippen LogP contribution < -0.4 is 11.1 Å². The topological polar surface area (TPSA) is 75.3 Å². The summed E-state index contributed by atoms with van der Waals surface area (Å²) in [6, 6.07) is 1.21. The van der Waals surface area contributed by atoms with Gasteiger partial charge in [-0.05, 0) is 17.9 Å². The van der Waals surface area contributed by atoms with Crippen LogP contribution in [-0.2, 0) is 0 Å². The van der Waals surface area contributed by atoms with E-state index in [4.69, 9.17) is 10.8 Å². The predicted octanol–water partition coefficient (Wildman–Crippen LogP) is 2.07. The van der Waals surface area contributed by atoms with Crippen molar-refractivity contribution in [3.63, 3.8) is 0 Å². The van der Waals surface area contributed by atoms with Gasteiger partial charge in [-0.25, -0.2) is 8.78 Å². The van der Waals surface area contributed by atoms with Crippen LogP contribution in [0.5, 0.6) is 0 Å². The number of carbonyl (C=O) groups is 1. The lowest BCUT2D eigenvalue weighted by Crippen LogP contribution is -2.44. The van der Waals surface area contributed by atoms with Crippen molar-refractivity contribution in [2.24, 2.45) is 5.41 Å². The third-order valence-electron chi connectivity index (χ3n) is 3.10. The molecule has 1 atom stereocenters. The van der Waals surface area contributed by atoms with Crippen LogP contribution in [0.15, 0.2) is 12.1 Å². The quantitative estimate of drug-likeness (QED) is 0.742. The van der Waals surface area contributed by atoms with Gasteiger partial charge in [0.15, 0.2) is 0 Å². The molecule has 1 unspecified atom stereocenters. The van der Waals surface area contributed by atoms with Crippen molar-refractivity contribution in [2.45, 2.75) is 33.2 Å². The highest BCUT2D eigenvalue weighted by atomic mass is 19.1. The average Bonchev–Trinajstić information content (AvgIpc) is 2.32. The minimum atomic E-state index is -0.967. The summed E-state index contributed by atoms with van der Waals surface area (Å²) in [5.41, 5.74) is 4.44. The Hall–Kier alpha value is -1.69. The van der Waals surface area contributed by atoms with E-state index in [0.29, 0.717) is 12.5 Å². The van der Waals surface area contributed by atoms with E-state index in [1.54, 1.807) is 0 Å². The van der Waals surface area contributed by atoms with Gasteiger partial charge in [-0.15, -0.1) is 0 Å². The first-order valence-electron chi connectivity index (χ1n) is 6.33. The minimum Gasteiger partial charge on any atom is -0.396 e. The number of aliphatic hydroxyl groups excluding tert-OH is 1. The first kappa shape index (κ1) is 16.4. The van der Waals surface area contributed by atoms with Crippen LogP contribution in [0, 0.1) is 17.0 Å². The van der Waals surface area contributed by atoms with Gasteiger partial charge in [-0.3, -0.25) is 4.79 Å². The highest BCUT2D eigenvalue weighted by Crippen LogP contribution is 2.23. The number of benzene rings is 1. The van der Waals surface area contributed by atoms with Crippen molar-refractivity contribution in [1.82, 2.24) is 5.32 Å². The number of hydrogen-bond donors (Lipinski definition) is 3. The molecule has 1 rings (SSSR count). The molecule has 0 aliphatic rings. The second kappa shape index (κ2) is 6.17. The number of carbonyl (C=O) groups excluding carboxylic acids is 1. The van der Waals surface area contributed by atoms with Gasteiger partial charge in [0.2, 0.25) is 0 Å². The van der Waals surface area contributed by atoms with E-state index in [9.17, 15) is 13.6 Å². The molecule has 112 valence electrons. The van der Waals surface area contributed by atoms with Crippen LogP contribution in [0.25, 0.3) is 0 Å². The fourth-order valence-electron chi connectivity index (χ4n) is 1.83. The van der Waals surface area contributed by atoms with E-state index in [1.165, 1.54) is 0 Å². The van der Waals surface area contributed by atoms with Gasteiger partial charge in [0, 0.05) is 18.7 Å². The monoisotopic (exact) mass is 286 g/mol. The molecular weight excluding hydrogens is 266 g/mol. The number of aliphatic hydroxyl groups is 1. The highest BCUT2D eigenvalue weighted by molar-refractivity contribution is 5.95. The van der Waals surface area contributed by atoms with E-state index < -0.39 is 17.5 Å². The van der Waals surface area contributed by atoms with Crippen LogP contribution in [-0.4, -0.2) is 23.7 Å². The summed E-state index contributed by atoms with van der Waals surface area (Å²) in [5.74, 6) is -2.55. The summed E-state index contributed by atoms with van der Waals surface area (Å²) in [7, 11) is 0. The molecule has 1 aromatic carbocycles. The molecule has 0 bridgehead atoms. The van der Waals surface area contributed by atoms with Gasteiger partial charge in [0.05, 0.1) is 11.3 Å². The molecule has 20 heavy (non-hydrogen) atoms. The number of rotatable bonds is 4. The third-order valence-corrected chi connectivity index (χ3v) is 3.10. The van der Waals surface area contributed by atoms with Gasteiger partial charge in [0.25, 0.3) is 5.91 Å². The number of halogens is 2. The van der Waals surface area contributed by atoms with E-state index in [2.05, 4.69) is 5.32 Å². The zero-order valence-corrected chi connectivity index (χ0v) is 11.8. The standard InChI is InChI=1S/C14H20F2N2O2/c1-14(2,3)12(4-5-19)18-13(20)8-6-11(17)10(16)7-9(8)15/h6-7,12,19H,4-5,17H2,1-3H3,(H,18,20). The second-order valence-corrected chi connectivity index (χ2v) is 5.76. The lowest BCUT2D eigenvalue weighted by Gasteiger charge is -2.31. The van der Waals surface area contributed by atoms with Crippen molar-refractivity contribution in [2.75, 3.05) is 12.3 Å². The van der Waals surface area contributed by atoms with Gasteiger partial charge >= 0.3 is 0 Å². The van der Waals surface area contributed by atoms with Crippen LogP contribution in [0.1, 0.15) is 37.6 Å². The third kappa shape index (κ3) is 3.90. The number of hydrogen-bond acceptors (Lipinski definition) is 3. The largest absolute Gasteiger partial charge is 0.396 e. The molecule has 0 saturated heterocycles. The molecule has 1 amide bonds. The summed E-state index contributed by atoms with van der Waals surface area (Å²) < 4.78 is 26.7. The molecule has 4 N–H and O–H groups in total. The number of nitrogens with two attached hydrogens (primary N) is 1. The zero-order chi connectivity index (χ0) is 15.5. The van der Waals surface area contributed by atoms with Crippen LogP contribution in [0.4, 0.5) is 14.5 Å². The molecule has 0 radical (unpaired) electrons. The number of amides is 1. The Morgan fingerprint density at radius 1 is 1.35 bits per heavy atom. The van der Waals surface area contributed by atoms with E-state index in [0.717, 1.165) is 6.07 Å². The maximum absolute atomic E-state index is 13.6. The van der Waals surface area contributed by atoms with Crippen molar-refractivity contribution in [3.8, 4) is 0 Å². The molecule has 0 heterocycles. The Morgan fingerprint density at radius 2 is 1.95 bits per heavy atom. The Labute approximate surface area is 117 Å².